The Morgan fingerprint density at radius 2 is 1.67 bits per heavy atom. The molecule has 0 spiro atoms. The Kier molecular flexibility index (Phi) is 4.57. The maximum absolute atomic E-state index is 12.2. The largest absolute Gasteiger partial charge is 0.352 e. The third-order valence-electron chi connectivity index (χ3n) is 4.08. The van der Waals surface area contributed by atoms with Crippen molar-refractivity contribution in [3.63, 3.8) is 0 Å². The highest BCUT2D eigenvalue weighted by Gasteiger charge is 2.48. The fraction of sp³-hybridized carbons (Fsp3) is 0.211. The van der Waals surface area contributed by atoms with Crippen LogP contribution >= 0.6 is 0 Å². The van der Waals surface area contributed by atoms with Crippen LogP contribution in [0.5, 0.6) is 0 Å². The van der Waals surface area contributed by atoms with E-state index in [0.29, 0.717) is 24.2 Å². The number of anilines is 1. The van der Waals surface area contributed by atoms with E-state index < -0.39 is 0 Å². The molecule has 2 unspecified atom stereocenters. The number of nitrogens with one attached hydrogen (secondary N) is 2. The average Bonchev–Trinajstić information content (AvgIpc) is 3.42. The van der Waals surface area contributed by atoms with Gasteiger partial charge in [-0.3, -0.25) is 9.59 Å². The predicted octanol–water partition coefficient (Wildman–Crippen LogP) is 2.45. The minimum Gasteiger partial charge on any atom is -0.352 e. The van der Waals surface area contributed by atoms with Gasteiger partial charge in [0.1, 0.15) is 6.07 Å². The first-order chi connectivity index (χ1) is 11.7. The molecule has 1 saturated carbocycles. The van der Waals surface area contributed by atoms with Gasteiger partial charge in [0.2, 0.25) is 11.8 Å². The van der Waals surface area contributed by atoms with Gasteiger partial charge in [-0.05, 0) is 24.1 Å². The Bertz CT molecular complexity index is 796. The molecule has 0 aromatic heterocycles. The Hall–Kier alpha value is -3.13. The molecule has 3 rings (SSSR count). The molecule has 0 saturated heterocycles. The van der Waals surface area contributed by atoms with Gasteiger partial charge in [0, 0.05) is 6.54 Å². The number of para-hydroxylation sites is 1. The molecule has 0 aliphatic heterocycles. The predicted molar refractivity (Wildman–Crippen MR) is 89.7 cm³/mol. The Morgan fingerprint density at radius 1 is 1.00 bits per heavy atom. The second-order valence-corrected chi connectivity index (χ2v) is 5.80. The van der Waals surface area contributed by atoms with Gasteiger partial charge < -0.3 is 10.6 Å². The van der Waals surface area contributed by atoms with Crippen molar-refractivity contribution in [3.8, 4) is 6.07 Å². The first kappa shape index (κ1) is 15.8. The highest BCUT2D eigenvalue weighted by atomic mass is 16.2. The molecule has 120 valence electrons. The van der Waals surface area contributed by atoms with E-state index in [1.54, 1.807) is 24.3 Å². The number of hydrogen-bond donors (Lipinski definition) is 2. The summed E-state index contributed by atoms with van der Waals surface area (Å²) in [7, 11) is 0. The van der Waals surface area contributed by atoms with Crippen molar-refractivity contribution in [1.82, 2.24) is 5.32 Å². The van der Waals surface area contributed by atoms with Crippen LogP contribution in [0, 0.1) is 23.2 Å². The van der Waals surface area contributed by atoms with Crippen molar-refractivity contribution < 1.29 is 9.59 Å². The van der Waals surface area contributed by atoms with E-state index >= 15 is 0 Å². The molecule has 0 radical (unpaired) electrons. The number of rotatable bonds is 5. The van der Waals surface area contributed by atoms with Gasteiger partial charge in [-0.25, -0.2) is 0 Å². The normalized spacial score (nSPS) is 18.3. The summed E-state index contributed by atoms with van der Waals surface area (Å²) < 4.78 is 0. The monoisotopic (exact) mass is 319 g/mol. The second-order valence-electron chi connectivity index (χ2n) is 5.80. The van der Waals surface area contributed by atoms with E-state index in [1.807, 2.05) is 36.4 Å². The van der Waals surface area contributed by atoms with Crippen molar-refractivity contribution in [2.24, 2.45) is 11.8 Å². The van der Waals surface area contributed by atoms with Crippen LogP contribution in [-0.2, 0) is 16.1 Å². The molecule has 2 aromatic carbocycles. The zero-order valence-electron chi connectivity index (χ0n) is 13.0. The van der Waals surface area contributed by atoms with Crippen LogP contribution in [0.1, 0.15) is 17.5 Å². The van der Waals surface area contributed by atoms with Crippen LogP contribution in [0.25, 0.3) is 0 Å². The van der Waals surface area contributed by atoms with Gasteiger partial charge in [-0.1, -0.05) is 42.5 Å². The van der Waals surface area contributed by atoms with Gasteiger partial charge in [0.05, 0.1) is 23.1 Å². The zero-order chi connectivity index (χ0) is 16.9. The molecule has 0 bridgehead atoms. The van der Waals surface area contributed by atoms with Gasteiger partial charge in [0.25, 0.3) is 0 Å². The second kappa shape index (κ2) is 6.97. The minimum atomic E-state index is -0.326. The number of hydrogen-bond acceptors (Lipinski definition) is 3. The van der Waals surface area contributed by atoms with E-state index in [1.165, 1.54) is 0 Å². The van der Waals surface area contributed by atoms with Gasteiger partial charge >= 0.3 is 0 Å². The third-order valence-corrected chi connectivity index (χ3v) is 4.08. The number of nitrogens with zero attached hydrogens (tertiary/aromatic N) is 1. The van der Waals surface area contributed by atoms with Gasteiger partial charge in [-0.2, -0.15) is 5.26 Å². The number of carbonyl (C=O) groups excluding carboxylic acids is 2. The van der Waals surface area contributed by atoms with Gasteiger partial charge in [0.15, 0.2) is 0 Å². The Labute approximate surface area is 140 Å². The number of benzene rings is 2. The molecular formula is C19H17N3O2. The molecule has 0 heterocycles. The van der Waals surface area contributed by atoms with Crippen molar-refractivity contribution in [1.29, 1.82) is 5.26 Å². The highest BCUT2D eigenvalue weighted by molar-refractivity contribution is 6.00. The summed E-state index contributed by atoms with van der Waals surface area (Å²) in [6, 6.07) is 18.5. The van der Waals surface area contributed by atoms with Crippen LogP contribution in [0.2, 0.25) is 0 Å². The molecule has 24 heavy (non-hydrogen) atoms. The maximum Gasteiger partial charge on any atom is 0.228 e. The summed E-state index contributed by atoms with van der Waals surface area (Å²) in [4.78, 5) is 24.4. The lowest BCUT2D eigenvalue weighted by Crippen LogP contribution is -2.27. The lowest BCUT2D eigenvalue weighted by Gasteiger charge is -2.07. The molecule has 2 atom stereocenters. The summed E-state index contributed by atoms with van der Waals surface area (Å²) in [5, 5.41) is 14.6. The van der Waals surface area contributed by atoms with E-state index in [4.69, 9.17) is 5.26 Å². The van der Waals surface area contributed by atoms with Crippen LogP contribution in [0.15, 0.2) is 54.6 Å². The van der Waals surface area contributed by atoms with E-state index in [-0.39, 0.29) is 23.7 Å². The summed E-state index contributed by atoms with van der Waals surface area (Å²) in [6.07, 6.45) is 0.543. The SMILES string of the molecule is N#Cc1ccccc1NC(=O)C1CC1C(=O)NCc1ccccc1. The summed E-state index contributed by atoms with van der Waals surface area (Å²) in [6.45, 7) is 0.460. The van der Waals surface area contributed by atoms with Crippen LogP contribution in [-0.4, -0.2) is 11.8 Å². The number of nitriles is 1. The first-order valence-electron chi connectivity index (χ1n) is 7.80. The first-order valence-corrected chi connectivity index (χ1v) is 7.80. The van der Waals surface area contributed by atoms with E-state index in [9.17, 15) is 9.59 Å². The molecule has 2 aromatic rings. The van der Waals surface area contributed by atoms with Crippen molar-refractivity contribution in [2.75, 3.05) is 5.32 Å². The standard InChI is InChI=1S/C19H17N3O2/c20-11-14-8-4-5-9-17(14)22-19(24)16-10-15(16)18(23)21-12-13-6-2-1-3-7-13/h1-9,15-16H,10,12H2,(H,21,23)(H,22,24). The zero-order valence-corrected chi connectivity index (χ0v) is 13.0. The summed E-state index contributed by atoms with van der Waals surface area (Å²) in [5.41, 5.74) is 1.92. The van der Waals surface area contributed by atoms with Gasteiger partial charge in [-0.15, -0.1) is 0 Å². The average molecular weight is 319 g/mol. The van der Waals surface area contributed by atoms with E-state index in [2.05, 4.69) is 10.6 Å². The summed E-state index contributed by atoms with van der Waals surface area (Å²) in [5.74, 6) is -0.930. The molecule has 2 amide bonds. The molecule has 2 N–H and O–H groups in total. The Balaban J connectivity index is 1.52. The molecule has 1 aliphatic carbocycles. The molecule has 5 nitrogen and oxygen atoms in total. The number of amides is 2. The van der Waals surface area contributed by atoms with Crippen LogP contribution in [0.4, 0.5) is 5.69 Å². The summed E-state index contributed by atoms with van der Waals surface area (Å²) >= 11 is 0. The smallest absolute Gasteiger partial charge is 0.228 e. The Morgan fingerprint density at radius 3 is 2.42 bits per heavy atom. The molecule has 1 fully saturated rings. The van der Waals surface area contributed by atoms with Crippen molar-refractivity contribution in [2.45, 2.75) is 13.0 Å². The molecular weight excluding hydrogens is 302 g/mol. The fourth-order valence-electron chi connectivity index (χ4n) is 2.61. The molecule has 5 heteroatoms. The van der Waals surface area contributed by atoms with Crippen molar-refractivity contribution >= 4 is 17.5 Å². The topological polar surface area (TPSA) is 82.0 Å². The lowest BCUT2D eigenvalue weighted by atomic mass is 10.2. The molecule has 1 aliphatic rings. The quantitative estimate of drug-likeness (QED) is 0.888. The van der Waals surface area contributed by atoms with Crippen molar-refractivity contribution in [3.05, 3.63) is 65.7 Å². The minimum absolute atomic E-state index is 0.104. The van der Waals surface area contributed by atoms with Crippen LogP contribution in [0.3, 0.4) is 0 Å². The lowest BCUT2D eigenvalue weighted by molar-refractivity contribution is -0.125. The number of carbonyl (C=O) groups is 2. The van der Waals surface area contributed by atoms with Crippen LogP contribution < -0.4 is 10.6 Å². The third kappa shape index (κ3) is 3.61. The maximum atomic E-state index is 12.2. The van der Waals surface area contributed by atoms with E-state index in [0.717, 1.165) is 5.56 Å². The highest BCUT2D eigenvalue weighted by Crippen LogP contribution is 2.39. The fourth-order valence-corrected chi connectivity index (χ4v) is 2.61.